The highest BCUT2D eigenvalue weighted by molar-refractivity contribution is 5.26. The van der Waals surface area contributed by atoms with Gasteiger partial charge in [0.2, 0.25) is 0 Å². The van der Waals surface area contributed by atoms with Gasteiger partial charge in [0.25, 0.3) is 0 Å². The summed E-state index contributed by atoms with van der Waals surface area (Å²) in [6, 6.07) is 0. The number of methoxy groups -OCH3 is 1. The van der Waals surface area contributed by atoms with Crippen LogP contribution in [0.3, 0.4) is 0 Å². The Morgan fingerprint density at radius 1 is 1.25 bits per heavy atom. The van der Waals surface area contributed by atoms with Gasteiger partial charge in [0.1, 0.15) is 0 Å². The van der Waals surface area contributed by atoms with E-state index >= 15 is 0 Å². The molecule has 0 aliphatic rings. The van der Waals surface area contributed by atoms with Gasteiger partial charge in [-0.1, -0.05) is 34.1 Å². The number of aromatic nitrogens is 2. The molecule has 1 aromatic heterocycles. The quantitative estimate of drug-likeness (QED) is 0.670. The molecule has 1 heterocycles. The Morgan fingerprint density at radius 3 is 2.55 bits per heavy atom. The Morgan fingerprint density at radius 2 is 2.00 bits per heavy atom. The topological polar surface area (TPSA) is 39.1 Å². The molecule has 0 saturated heterocycles. The minimum absolute atomic E-state index is 0.680. The van der Waals surface area contributed by atoms with Gasteiger partial charge in [0.15, 0.2) is 0 Å². The van der Waals surface area contributed by atoms with E-state index in [9.17, 15) is 0 Å². The highest BCUT2D eigenvalue weighted by Gasteiger charge is 2.16. The second kappa shape index (κ2) is 9.14. The number of nitrogens with one attached hydrogen (secondary N) is 1. The number of nitrogens with zero attached hydrogens (tertiary/aromatic N) is 2. The van der Waals surface area contributed by atoms with E-state index in [1.165, 1.54) is 23.4 Å². The van der Waals surface area contributed by atoms with E-state index in [-0.39, 0.29) is 0 Å². The Hall–Kier alpha value is -0.870. The summed E-state index contributed by atoms with van der Waals surface area (Å²) in [6.45, 7) is 12.5. The maximum Gasteiger partial charge on any atom is 0.0669 e. The molecular formula is C16H31N3O. The highest BCUT2D eigenvalue weighted by Crippen LogP contribution is 2.18. The van der Waals surface area contributed by atoms with Crippen molar-refractivity contribution in [1.82, 2.24) is 15.1 Å². The van der Waals surface area contributed by atoms with Crippen LogP contribution in [0.1, 0.15) is 51.1 Å². The fraction of sp³-hybridized carbons (Fsp3) is 0.812. The van der Waals surface area contributed by atoms with Crippen molar-refractivity contribution in [2.45, 2.75) is 60.0 Å². The van der Waals surface area contributed by atoms with Crippen LogP contribution < -0.4 is 5.32 Å². The summed E-state index contributed by atoms with van der Waals surface area (Å²) in [4.78, 5) is 0. The second-order valence-corrected chi connectivity index (χ2v) is 5.44. The molecule has 1 aromatic rings. The van der Waals surface area contributed by atoms with Gasteiger partial charge in [-0.25, -0.2) is 0 Å². The van der Waals surface area contributed by atoms with Crippen molar-refractivity contribution in [2.24, 2.45) is 5.92 Å². The van der Waals surface area contributed by atoms with E-state index in [0.717, 1.165) is 39.1 Å². The van der Waals surface area contributed by atoms with Crippen molar-refractivity contribution < 1.29 is 4.74 Å². The van der Waals surface area contributed by atoms with E-state index in [1.807, 2.05) is 0 Å². The van der Waals surface area contributed by atoms with Crippen LogP contribution in [0.25, 0.3) is 0 Å². The Balaban J connectivity index is 2.84. The number of hydrogen-bond donors (Lipinski definition) is 1. The van der Waals surface area contributed by atoms with Gasteiger partial charge < -0.3 is 10.1 Å². The first-order valence-corrected chi connectivity index (χ1v) is 7.94. The van der Waals surface area contributed by atoms with E-state index in [0.29, 0.717) is 5.92 Å². The van der Waals surface area contributed by atoms with Crippen LogP contribution in [0.4, 0.5) is 0 Å². The molecule has 0 fully saturated rings. The third kappa shape index (κ3) is 4.60. The molecule has 116 valence electrons. The molecule has 0 radical (unpaired) electrons. The van der Waals surface area contributed by atoms with Gasteiger partial charge in [0, 0.05) is 38.0 Å². The van der Waals surface area contributed by atoms with Crippen molar-refractivity contribution >= 4 is 0 Å². The van der Waals surface area contributed by atoms with Crippen LogP contribution in [-0.2, 0) is 30.7 Å². The van der Waals surface area contributed by atoms with Gasteiger partial charge >= 0.3 is 0 Å². The van der Waals surface area contributed by atoms with E-state index < -0.39 is 0 Å². The third-order valence-electron chi connectivity index (χ3n) is 3.89. The van der Waals surface area contributed by atoms with Crippen molar-refractivity contribution in [3.63, 3.8) is 0 Å². The summed E-state index contributed by atoms with van der Waals surface area (Å²) in [6.07, 6.45) is 3.25. The molecule has 0 aliphatic carbocycles. The third-order valence-corrected chi connectivity index (χ3v) is 3.89. The average Bonchev–Trinajstić information content (AvgIpc) is 2.80. The molecular weight excluding hydrogens is 250 g/mol. The first-order chi connectivity index (χ1) is 9.67. The van der Waals surface area contributed by atoms with Gasteiger partial charge in [0.05, 0.1) is 12.3 Å². The average molecular weight is 281 g/mol. The van der Waals surface area contributed by atoms with Crippen molar-refractivity contribution in [3.8, 4) is 0 Å². The molecule has 1 unspecified atom stereocenters. The molecule has 0 bridgehead atoms. The molecule has 4 heteroatoms. The second-order valence-electron chi connectivity index (χ2n) is 5.44. The van der Waals surface area contributed by atoms with Crippen molar-refractivity contribution in [1.29, 1.82) is 0 Å². The SMILES string of the molecule is CCc1nn(CC(C)CC)c(CC)c1CNCCOC. The number of rotatable bonds is 10. The maximum atomic E-state index is 5.08. The molecule has 0 spiro atoms. The zero-order valence-corrected chi connectivity index (χ0v) is 13.8. The van der Waals surface area contributed by atoms with E-state index in [4.69, 9.17) is 9.84 Å². The zero-order valence-electron chi connectivity index (χ0n) is 13.8. The molecule has 0 aromatic carbocycles. The minimum atomic E-state index is 0.680. The van der Waals surface area contributed by atoms with Crippen LogP contribution in [-0.4, -0.2) is 30.0 Å². The highest BCUT2D eigenvalue weighted by atomic mass is 16.5. The molecule has 0 amide bonds. The number of hydrogen-bond acceptors (Lipinski definition) is 3. The van der Waals surface area contributed by atoms with Gasteiger partial charge in [-0.2, -0.15) is 5.10 Å². The van der Waals surface area contributed by atoms with Gasteiger partial charge in [-0.15, -0.1) is 0 Å². The van der Waals surface area contributed by atoms with Crippen LogP contribution in [0.15, 0.2) is 0 Å². The number of ether oxygens (including phenoxy) is 1. The smallest absolute Gasteiger partial charge is 0.0669 e. The fourth-order valence-electron chi connectivity index (χ4n) is 2.44. The Kier molecular flexibility index (Phi) is 7.85. The lowest BCUT2D eigenvalue weighted by atomic mass is 10.1. The molecule has 1 rings (SSSR count). The molecule has 0 saturated carbocycles. The molecule has 20 heavy (non-hydrogen) atoms. The summed E-state index contributed by atoms with van der Waals surface area (Å²) < 4.78 is 7.32. The normalized spacial score (nSPS) is 12.8. The lowest BCUT2D eigenvalue weighted by Gasteiger charge is -2.12. The van der Waals surface area contributed by atoms with E-state index in [1.54, 1.807) is 7.11 Å². The first-order valence-electron chi connectivity index (χ1n) is 7.94. The molecule has 0 aliphatic heterocycles. The molecule has 1 N–H and O–H groups in total. The molecule has 1 atom stereocenters. The lowest BCUT2D eigenvalue weighted by Crippen LogP contribution is -2.20. The van der Waals surface area contributed by atoms with E-state index in [2.05, 4.69) is 37.7 Å². The monoisotopic (exact) mass is 281 g/mol. The predicted octanol–water partition coefficient (Wildman–Crippen LogP) is 2.79. The van der Waals surface area contributed by atoms with Crippen LogP contribution in [0.5, 0.6) is 0 Å². The predicted molar refractivity (Wildman–Crippen MR) is 84.0 cm³/mol. The van der Waals surface area contributed by atoms with Gasteiger partial charge in [-0.3, -0.25) is 4.68 Å². The summed E-state index contributed by atoms with van der Waals surface area (Å²) in [5.74, 6) is 0.680. The van der Waals surface area contributed by atoms with Crippen LogP contribution >= 0.6 is 0 Å². The number of aryl methyl sites for hydroxylation is 1. The van der Waals surface area contributed by atoms with Crippen molar-refractivity contribution in [2.75, 3.05) is 20.3 Å². The zero-order chi connectivity index (χ0) is 15.0. The van der Waals surface area contributed by atoms with Crippen molar-refractivity contribution in [3.05, 3.63) is 17.0 Å². The summed E-state index contributed by atoms with van der Waals surface area (Å²) in [5.41, 5.74) is 4.04. The van der Waals surface area contributed by atoms with Crippen LogP contribution in [0, 0.1) is 5.92 Å². The lowest BCUT2D eigenvalue weighted by molar-refractivity contribution is 0.199. The summed E-state index contributed by atoms with van der Waals surface area (Å²) in [5, 5.41) is 8.29. The summed E-state index contributed by atoms with van der Waals surface area (Å²) in [7, 11) is 1.74. The fourth-order valence-corrected chi connectivity index (χ4v) is 2.44. The maximum absolute atomic E-state index is 5.08. The largest absolute Gasteiger partial charge is 0.383 e. The summed E-state index contributed by atoms with van der Waals surface area (Å²) >= 11 is 0. The molecule has 4 nitrogen and oxygen atoms in total. The van der Waals surface area contributed by atoms with Gasteiger partial charge in [-0.05, 0) is 18.8 Å². The Bertz CT molecular complexity index is 387. The Labute approximate surface area is 123 Å². The van der Waals surface area contributed by atoms with Crippen LogP contribution in [0.2, 0.25) is 0 Å². The standard InChI is InChI=1S/C16H31N3O/c1-6-13(4)12-19-16(8-3)14(15(7-2)18-19)11-17-9-10-20-5/h13,17H,6-12H2,1-5H3. The minimum Gasteiger partial charge on any atom is -0.383 e. The first kappa shape index (κ1) is 17.2.